The Hall–Kier alpha value is -2.93. The number of alkyl carbamates (subject to hydrolysis) is 1. The molecule has 146 valence electrons. The molecule has 27 heavy (non-hydrogen) atoms. The maximum atomic E-state index is 12.3. The lowest BCUT2D eigenvalue weighted by Gasteiger charge is -2.37. The highest BCUT2D eigenvalue weighted by atomic mass is 16.6. The van der Waals surface area contributed by atoms with Crippen molar-refractivity contribution in [3.63, 3.8) is 0 Å². The largest absolute Gasteiger partial charge is 0.445 e. The molecule has 1 aliphatic heterocycles. The van der Waals surface area contributed by atoms with Gasteiger partial charge in [-0.25, -0.2) is 9.59 Å². The van der Waals surface area contributed by atoms with Crippen molar-refractivity contribution in [1.29, 1.82) is 0 Å². The van der Waals surface area contributed by atoms with Gasteiger partial charge in [0.05, 0.1) is 12.1 Å². The minimum Gasteiger partial charge on any atom is -0.445 e. The highest BCUT2D eigenvalue weighted by Crippen LogP contribution is 2.18. The summed E-state index contributed by atoms with van der Waals surface area (Å²) in [6.45, 7) is 6.05. The Morgan fingerprint density at radius 2 is 2.04 bits per heavy atom. The summed E-state index contributed by atoms with van der Waals surface area (Å²) in [6, 6.07) is 8.27. The Morgan fingerprint density at radius 1 is 1.33 bits per heavy atom. The number of azide groups is 1. The molecule has 2 rings (SSSR count). The number of hydrogen-bond acceptors (Lipinski definition) is 5. The van der Waals surface area contributed by atoms with Crippen LogP contribution in [0.25, 0.3) is 10.4 Å². The van der Waals surface area contributed by atoms with Gasteiger partial charge in [0, 0.05) is 18.0 Å². The van der Waals surface area contributed by atoms with Gasteiger partial charge in [-0.2, -0.15) is 0 Å². The third-order valence-corrected chi connectivity index (χ3v) is 3.94. The summed E-state index contributed by atoms with van der Waals surface area (Å²) in [5.74, 6) is 0. The van der Waals surface area contributed by atoms with Gasteiger partial charge in [0.15, 0.2) is 0 Å². The molecular formula is C18H25N5O4. The number of piperidine rings is 1. The first-order chi connectivity index (χ1) is 12.8. The summed E-state index contributed by atoms with van der Waals surface area (Å²) in [4.78, 5) is 28.7. The minimum atomic E-state index is -0.631. The molecule has 2 atom stereocenters. The van der Waals surface area contributed by atoms with Crippen molar-refractivity contribution in [3.8, 4) is 0 Å². The predicted molar refractivity (Wildman–Crippen MR) is 98.9 cm³/mol. The molecule has 1 fully saturated rings. The number of benzene rings is 1. The Morgan fingerprint density at radius 3 is 2.67 bits per heavy atom. The van der Waals surface area contributed by atoms with Crippen molar-refractivity contribution in [2.24, 2.45) is 5.11 Å². The Kier molecular flexibility index (Phi) is 6.90. The summed E-state index contributed by atoms with van der Waals surface area (Å²) >= 11 is 0. The highest BCUT2D eigenvalue weighted by Gasteiger charge is 2.34. The van der Waals surface area contributed by atoms with Gasteiger partial charge in [-0.1, -0.05) is 35.4 Å². The maximum Gasteiger partial charge on any atom is 0.410 e. The van der Waals surface area contributed by atoms with E-state index in [4.69, 9.17) is 15.0 Å². The lowest BCUT2D eigenvalue weighted by atomic mass is 10.0. The minimum absolute atomic E-state index is 0.126. The van der Waals surface area contributed by atoms with Crippen molar-refractivity contribution in [3.05, 3.63) is 46.3 Å². The summed E-state index contributed by atoms with van der Waals surface area (Å²) in [5, 5.41) is 6.43. The topological polar surface area (TPSA) is 117 Å². The van der Waals surface area contributed by atoms with E-state index in [1.54, 1.807) is 20.8 Å². The second-order valence-electron chi connectivity index (χ2n) is 7.30. The van der Waals surface area contributed by atoms with Gasteiger partial charge in [0.2, 0.25) is 0 Å². The SMILES string of the molecule is CC(C)(C)OC(=O)N1CC[C@H](N=[N+]=[N-])[C@@H](NC(=O)OCc2ccccc2)C1. The molecule has 0 radical (unpaired) electrons. The lowest BCUT2D eigenvalue weighted by Crippen LogP contribution is -2.56. The van der Waals surface area contributed by atoms with E-state index in [1.165, 1.54) is 4.90 Å². The number of likely N-dealkylation sites (tertiary alicyclic amines) is 1. The van der Waals surface area contributed by atoms with Gasteiger partial charge in [0.25, 0.3) is 0 Å². The van der Waals surface area contributed by atoms with Crippen LogP contribution >= 0.6 is 0 Å². The van der Waals surface area contributed by atoms with Crippen LogP contribution in [0.4, 0.5) is 9.59 Å². The van der Waals surface area contributed by atoms with Gasteiger partial charge < -0.3 is 19.7 Å². The zero-order valence-electron chi connectivity index (χ0n) is 15.8. The van der Waals surface area contributed by atoms with Crippen LogP contribution in [-0.2, 0) is 16.1 Å². The molecule has 0 aliphatic carbocycles. The number of rotatable bonds is 4. The van der Waals surface area contributed by atoms with E-state index >= 15 is 0 Å². The van der Waals surface area contributed by atoms with Crippen molar-refractivity contribution in [1.82, 2.24) is 10.2 Å². The number of amides is 2. The third-order valence-electron chi connectivity index (χ3n) is 3.94. The van der Waals surface area contributed by atoms with Crippen LogP contribution in [0.2, 0.25) is 0 Å². The number of nitrogens with one attached hydrogen (secondary N) is 1. The average molecular weight is 375 g/mol. The van der Waals surface area contributed by atoms with Crippen LogP contribution in [-0.4, -0.2) is 47.9 Å². The van der Waals surface area contributed by atoms with E-state index in [0.29, 0.717) is 13.0 Å². The molecule has 1 aromatic rings. The van der Waals surface area contributed by atoms with Gasteiger partial charge in [-0.15, -0.1) is 0 Å². The van der Waals surface area contributed by atoms with Gasteiger partial charge in [-0.3, -0.25) is 0 Å². The van der Waals surface area contributed by atoms with Gasteiger partial charge >= 0.3 is 12.2 Å². The molecule has 0 aromatic heterocycles. The molecule has 0 saturated carbocycles. The highest BCUT2D eigenvalue weighted by molar-refractivity contribution is 5.70. The van der Waals surface area contributed by atoms with Gasteiger partial charge in [0.1, 0.15) is 12.2 Å². The first-order valence-electron chi connectivity index (χ1n) is 8.78. The van der Waals surface area contributed by atoms with Crippen molar-refractivity contribution >= 4 is 12.2 Å². The van der Waals surface area contributed by atoms with E-state index < -0.39 is 29.9 Å². The molecule has 1 N–H and O–H groups in total. The van der Waals surface area contributed by atoms with E-state index in [9.17, 15) is 9.59 Å². The standard InChI is InChI=1S/C18H25N5O4/c1-18(2,3)27-17(25)23-10-9-14(21-22-19)15(11-23)20-16(24)26-12-13-7-5-4-6-8-13/h4-8,14-15H,9-12H2,1-3H3,(H,20,24)/t14-,15-/m0/s1. The van der Waals surface area contributed by atoms with Crippen LogP contribution in [0.3, 0.4) is 0 Å². The summed E-state index contributed by atoms with van der Waals surface area (Å²) in [6.07, 6.45) is -0.674. The molecule has 0 unspecified atom stereocenters. The van der Waals surface area contributed by atoms with Crippen molar-refractivity contribution in [2.75, 3.05) is 13.1 Å². The van der Waals surface area contributed by atoms with E-state index in [1.807, 2.05) is 30.3 Å². The Bertz CT molecular complexity index is 697. The quantitative estimate of drug-likeness (QED) is 0.491. The molecule has 2 amide bonds. The molecule has 1 heterocycles. The maximum absolute atomic E-state index is 12.3. The van der Waals surface area contributed by atoms with E-state index in [0.717, 1.165) is 5.56 Å². The second-order valence-corrected chi connectivity index (χ2v) is 7.30. The van der Waals surface area contributed by atoms with Crippen molar-refractivity contribution in [2.45, 2.75) is 51.5 Å². The van der Waals surface area contributed by atoms with E-state index in [-0.39, 0.29) is 13.2 Å². The Balaban J connectivity index is 1.95. The summed E-state index contributed by atoms with van der Waals surface area (Å²) < 4.78 is 10.6. The van der Waals surface area contributed by atoms with Crippen LogP contribution in [0, 0.1) is 0 Å². The number of carbonyl (C=O) groups is 2. The predicted octanol–water partition coefficient (Wildman–Crippen LogP) is 3.60. The fourth-order valence-electron chi connectivity index (χ4n) is 2.69. The van der Waals surface area contributed by atoms with Crippen LogP contribution in [0.5, 0.6) is 0 Å². The molecule has 1 aliphatic rings. The second kappa shape index (κ2) is 9.14. The molecule has 1 aromatic carbocycles. The monoisotopic (exact) mass is 375 g/mol. The van der Waals surface area contributed by atoms with Gasteiger partial charge in [-0.05, 0) is 38.3 Å². The van der Waals surface area contributed by atoms with E-state index in [2.05, 4.69) is 15.3 Å². The van der Waals surface area contributed by atoms with Crippen LogP contribution in [0.1, 0.15) is 32.8 Å². The zero-order chi connectivity index (χ0) is 19.9. The lowest BCUT2D eigenvalue weighted by molar-refractivity contribution is 0.0170. The summed E-state index contributed by atoms with van der Waals surface area (Å²) in [7, 11) is 0. The number of nitrogens with zero attached hydrogens (tertiary/aromatic N) is 4. The number of hydrogen-bond donors (Lipinski definition) is 1. The number of ether oxygens (including phenoxy) is 2. The zero-order valence-corrected chi connectivity index (χ0v) is 15.8. The first kappa shape index (κ1) is 20.4. The van der Waals surface area contributed by atoms with Crippen LogP contribution < -0.4 is 5.32 Å². The average Bonchev–Trinajstić information content (AvgIpc) is 2.61. The summed E-state index contributed by atoms with van der Waals surface area (Å²) in [5.41, 5.74) is 9.00. The van der Waals surface area contributed by atoms with Crippen molar-refractivity contribution < 1.29 is 19.1 Å². The molecule has 9 heteroatoms. The molecule has 1 saturated heterocycles. The Labute approximate surface area is 158 Å². The smallest absolute Gasteiger partial charge is 0.410 e. The van der Waals surface area contributed by atoms with Crippen LogP contribution in [0.15, 0.2) is 35.4 Å². The number of carbonyl (C=O) groups excluding carboxylic acids is 2. The molecule has 0 spiro atoms. The fraction of sp³-hybridized carbons (Fsp3) is 0.556. The molecular weight excluding hydrogens is 350 g/mol. The third kappa shape index (κ3) is 6.71. The normalized spacial score (nSPS) is 19.6. The first-order valence-corrected chi connectivity index (χ1v) is 8.78. The fourth-order valence-corrected chi connectivity index (χ4v) is 2.69. The molecule has 0 bridgehead atoms. The molecule has 9 nitrogen and oxygen atoms in total.